The molecule has 0 radical (unpaired) electrons. The van der Waals surface area contributed by atoms with Crippen molar-refractivity contribution in [2.45, 2.75) is 13.8 Å². The zero-order chi connectivity index (χ0) is 23.4. The van der Waals surface area contributed by atoms with Crippen molar-refractivity contribution >= 4 is 38.4 Å². The molecule has 2 heterocycles. The maximum Gasteiger partial charge on any atom is 0.216 e. The maximum absolute atomic E-state index is 7.89. The molecule has 2 aromatic heterocycles. The molecule has 0 saturated heterocycles. The Hall–Kier alpha value is -4.42. The second-order valence-corrected chi connectivity index (χ2v) is 8.91. The van der Waals surface area contributed by atoms with E-state index in [2.05, 4.69) is 91.1 Å². The first-order valence-corrected chi connectivity index (χ1v) is 11.4. The molecule has 0 fully saturated rings. The third-order valence-corrected chi connectivity index (χ3v) is 6.71. The molecule has 0 amide bonds. The van der Waals surface area contributed by atoms with Crippen molar-refractivity contribution < 1.29 is 8.98 Å². The van der Waals surface area contributed by atoms with E-state index in [4.69, 9.17) is 11.0 Å². The van der Waals surface area contributed by atoms with E-state index in [1.807, 2.05) is 24.3 Å². The van der Waals surface area contributed by atoms with Crippen molar-refractivity contribution in [3.05, 3.63) is 108 Å². The molecule has 162 valence electrons. The summed E-state index contributed by atoms with van der Waals surface area (Å²) in [4.78, 5) is 3.88. The van der Waals surface area contributed by atoms with Crippen LogP contribution in [0.15, 0.2) is 89.5 Å². The van der Waals surface area contributed by atoms with Crippen LogP contribution in [0.3, 0.4) is 0 Å². The van der Waals surface area contributed by atoms with E-state index in [-0.39, 0.29) is 0 Å². The molecular formula is C31H23N2O+. The standard InChI is InChI=1S/C31H23N2O/c1-19-12-17-27(33(4)18-19)28-20(2)13-14-24-25-15-16-26(32-3)29(31(25)34-30(24)28)23-11-7-9-21-8-5-6-10-22(21)23/h5-18H,1-2,4H3/q+1. The molecule has 4 aromatic carbocycles. The summed E-state index contributed by atoms with van der Waals surface area (Å²) >= 11 is 0. The fraction of sp³-hybridized carbons (Fsp3) is 0.0968. The number of rotatable bonds is 2. The Balaban J connectivity index is 1.76. The first kappa shape index (κ1) is 20.2. The summed E-state index contributed by atoms with van der Waals surface area (Å²) < 4.78 is 8.88. The van der Waals surface area contributed by atoms with Crippen LogP contribution in [0.25, 0.3) is 59.9 Å². The highest BCUT2D eigenvalue weighted by Gasteiger charge is 2.23. The Kier molecular flexibility index (Phi) is 4.50. The Labute approximate surface area is 198 Å². The first-order valence-electron chi connectivity index (χ1n) is 11.4. The van der Waals surface area contributed by atoms with Gasteiger partial charge in [0.05, 0.1) is 12.1 Å². The van der Waals surface area contributed by atoms with E-state index in [1.165, 1.54) is 5.56 Å². The van der Waals surface area contributed by atoms with Crippen LogP contribution in [0.2, 0.25) is 0 Å². The molecule has 34 heavy (non-hydrogen) atoms. The number of aromatic nitrogens is 1. The minimum Gasteiger partial charge on any atom is -0.456 e. The van der Waals surface area contributed by atoms with Gasteiger partial charge in [-0.05, 0) is 41.8 Å². The van der Waals surface area contributed by atoms with Crippen LogP contribution in [0, 0.1) is 20.4 Å². The molecule has 0 saturated carbocycles. The topological polar surface area (TPSA) is 21.4 Å². The lowest BCUT2D eigenvalue weighted by molar-refractivity contribution is -0.660. The van der Waals surface area contributed by atoms with E-state index in [1.54, 1.807) is 0 Å². The number of hydrogen-bond acceptors (Lipinski definition) is 1. The largest absolute Gasteiger partial charge is 0.456 e. The van der Waals surface area contributed by atoms with Crippen molar-refractivity contribution in [2.24, 2.45) is 7.05 Å². The summed E-state index contributed by atoms with van der Waals surface area (Å²) in [5.74, 6) is 0. The van der Waals surface area contributed by atoms with Crippen LogP contribution in [0.5, 0.6) is 0 Å². The average Bonchev–Trinajstić information content (AvgIpc) is 3.22. The van der Waals surface area contributed by atoms with Gasteiger partial charge in [0.25, 0.3) is 0 Å². The Morgan fingerprint density at radius 3 is 2.26 bits per heavy atom. The maximum atomic E-state index is 7.89. The zero-order valence-electron chi connectivity index (χ0n) is 19.4. The lowest BCUT2D eigenvalue weighted by Gasteiger charge is -2.09. The minimum absolute atomic E-state index is 0.599. The number of nitrogens with zero attached hydrogens (tertiary/aromatic N) is 2. The van der Waals surface area contributed by atoms with Crippen LogP contribution >= 0.6 is 0 Å². The number of benzene rings is 4. The highest BCUT2D eigenvalue weighted by molar-refractivity contribution is 6.17. The van der Waals surface area contributed by atoms with Gasteiger partial charge in [-0.25, -0.2) is 9.41 Å². The van der Waals surface area contributed by atoms with Gasteiger partial charge in [-0.2, -0.15) is 0 Å². The van der Waals surface area contributed by atoms with Crippen LogP contribution in [-0.4, -0.2) is 0 Å². The van der Waals surface area contributed by atoms with Gasteiger partial charge in [-0.1, -0.05) is 66.7 Å². The van der Waals surface area contributed by atoms with Crippen molar-refractivity contribution in [1.82, 2.24) is 0 Å². The minimum atomic E-state index is 0.599. The molecule has 0 unspecified atom stereocenters. The first-order chi connectivity index (χ1) is 16.6. The number of fused-ring (bicyclic) bond motifs is 4. The average molecular weight is 440 g/mol. The second kappa shape index (κ2) is 7.57. The molecule has 6 aromatic rings. The van der Waals surface area contributed by atoms with E-state index >= 15 is 0 Å². The quantitative estimate of drug-likeness (QED) is 0.197. The van der Waals surface area contributed by atoms with Crippen LogP contribution < -0.4 is 4.57 Å². The van der Waals surface area contributed by atoms with Gasteiger partial charge in [-0.3, -0.25) is 0 Å². The van der Waals surface area contributed by atoms with E-state index in [0.717, 1.165) is 60.7 Å². The monoisotopic (exact) mass is 439 g/mol. The SMILES string of the molecule is [C-]#[N+]c1ccc2c(oc3c(-c4ccc(C)c[n+]4C)c(C)ccc32)c1-c1cccc2ccccc12. The highest BCUT2D eigenvalue weighted by atomic mass is 16.3. The summed E-state index contributed by atoms with van der Waals surface area (Å²) in [6, 6.07) is 27.1. The molecule has 0 bridgehead atoms. The molecule has 0 aliphatic heterocycles. The lowest BCUT2D eigenvalue weighted by atomic mass is 9.95. The Bertz CT molecular complexity index is 1800. The molecule has 0 spiro atoms. The summed E-state index contributed by atoms with van der Waals surface area (Å²) in [5, 5.41) is 4.35. The molecular weight excluding hydrogens is 416 g/mol. The lowest BCUT2D eigenvalue weighted by Crippen LogP contribution is -2.31. The molecule has 0 aliphatic carbocycles. The molecule has 3 nitrogen and oxygen atoms in total. The molecule has 6 rings (SSSR count). The predicted octanol–water partition coefficient (Wildman–Crippen LogP) is 8.07. The summed E-state index contributed by atoms with van der Waals surface area (Å²) in [5.41, 5.74) is 8.66. The van der Waals surface area contributed by atoms with Gasteiger partial charge in [0, 0.05) is 28.0 Å². The van der Waals surface area contributed by atoms with E-state index in [0.29, 0.717) is 5.69 Å². The van der Waals surface area contributed by atoms with Gasteiger partial charge in [0.15, 0.2) is 11.9 Å². The van der Waals surface area contributed by atoms with Crippen molar-refractivity contribution in [3.63, 3.8) is 0 Å². The van der Waals surface area contributed by atoms with Crippen LogP contribution in [-0.2, 0) is 7.05 Å². The Morgan fingerprint density at radius 2 is 1.47 bits per heavy atom. The van der Waals surface area contributed by atoms with Crippen molar-refractivity contribution in [2.75, 3.05) is 0 Å². The van der Waals surface area contributed by atoms with Gasteiger partial charge >= 0.3 is 0 Å². The smallest absolute Gasteiger partial charge is 0.216 e. The van der Waals surface area contributed by atoms with E-state index < -0.39 is 0 Å². The van der Waals surface area contributed by atoms with Gasteiger partial charge in [0.2, 0.25) is 5.69 Å². The Morgan fingerprint density at radius 1 is 0.735 bits per heavy atom. The van der Waals surface area contributed by atoms with Gasteiger partial charge in [-0.15, -0.1) is 0 Å². The van der Waals surface area contributed by atoms with Gasteiger partial charge < -0.3 is 4.42 Å². The van der Waals surface area contributed by atoms with Crippen LogP contribution in [0.4, 0.5) is 5.69 Å². The zero-order valence-corrected chi connectivity index (χ0v) is 19.4. The second-order valence-electron chi connectivity index (χ2n) is 8.91. The predicted molar refractivity (Wildman–Crippen MR) is 139 cm³/mol. The number of furan rings is 1. The fourth-order valence-electron chi connectivity index (χ4n) is 5.11. The number of aryl methyl sites for hydroxylation is 3. The van der Waals surface area contributed by atoms with Crippen LogP contribution in [0.1, 0.15) is 11.1 Å². The third-order valence-electron chi connectivity index (χ3n) is 6.71. The molecule has 3 heteroatoms. The van der Waals surface area contributed by atoms with Crippen molar-refractivity contribution in [3.8, 4) is 22.4 Å². The third kappa shape index (κ3) is 2.93. The normalized spacial score (nSPS) is 11.4. The summed E-state index contributed by atoms with van der Waals surface area (Å²) in [6.45, 7) is 12.1. The molecule has 0 N–H and O–H groups in total. The van der Waals surface area contributed by atoms with E-state index in [9.17, 15) is 0 Å². The molecule has 0 aliphatic rings. The number of hydrogen-bond donors (Lipinski definition) is 0. The number of pyridine rings is 1. The van der Waals surface area contributed by atoms with Crippen molar-refractivity contribution in [1.29, 1.82) is 0 Å². The fourth-order valence-corrected chi connectivity index (χ4v) is 5.11. The van der Waals surface area contributed by atoms with Gasteiger partial charge in [0.1, 0.15) is 18.2 Å². The highest BCUT2D eigenvalue weighted by Crippen LogP contribution is 2.45. The summed E-state index contributed by atoms with van der Waals surface area (Å²) in [6.07, 6.45) is 2.13. The summed E-state index contributed by atoms with van der Waals surface area (Å²) in [7, 11) is 2.07. The molecule has 0 atom stereocenters.